The van der Waals surface area contributed by atoms with E-state index in [-0.39, 0.29) is 5.75 Å². The summed E-state index contributed by atoms with van der Waals surface area (Å²) in [4.78, 5) is 4.20. The molecule has 0 saturated carbocycles. The second-order valence-corrected chi connectivity index (χ2v) is 5.48. The van der Waals surface area contributed by atoms with Crippen LogP contribution in [0, 0.1) is 11.5 Å². The first-order valence-corrected chi connectivity index (χ1v) is 7.50. The molecular weight excluding hydrogens is 408 g/mol. The second-order valence-electron chi connectivity index (χ2n) is 2.97. The Balaban J connectivity index is 3.13. The standard InChI is InChI=1S/C10H7Br2F2N3OS/c1-19-10(16-4-15)17-8-6(11)2-5(3-7(8)12)18-9(13)14/h2-3,9H,1H3,(H,16,17). The van der Waals surface area contributed by atoms with E-state index in [1.807, 2.05) is 0 Å². The summed E-state index contributed by atoms with van der Waals surface area (Å²) in [6, 6.07) is 2.75. The highest BCUT2D eigenvalue weighted by atomic mass is 79.9. The average Bonchev–Trinajstić information content (AvgIpc) is 2.31. The van der Waals surface area contributed by atoms with Crippen LogP contribution >= 0.6 is 43.6 Å². The lowest BCUT2D eigenvalue weighted by Crippen LogP contribution is -2.12. The largest absolute Gasteiger partial charge is 0.435 e. The van der Waals surface area contributed by atoms with Crippen molar-refractivity contribution in [2.24, 2.45) is 4.99 Å². The van der Waals surface area contributed by atoms with Crippen LogP contribution in [0.15, 0.2) is 26.1 Å². The molecule has 102 valence electrons. The molecule has 0 aromatic heterocycles. The molecule has 1 N–H and O–H groups in total. The summed E-state index contributed by atoms with van der Waals surface area (Å²) in [6.07, 6.45) is 3.51. The molecule has 0 aliphatic heterocycles. The molecule has 0 atom stereocenters. The van der Waals surface area contributed by atoms with Crippen molar-refractivity contribution < 1.29 is 13.5 Å². The van der Waals surface area contributed by atoms with Gasteiger partial charge in [0.15, 0.2) is 11.4 Å². The summed E-state index contributed by atoms with van der Waals surface area (Å²) in [5.74, 6) is 0.00615. The van der Waals surface area contributed by atoms with Gasteiger partial charge in [-0.05, 0) is 50.2 Å². The molecular formula is C10H7Br2F2N3OS. The average molecular weight is 415 g/mol. The van der Waals surface area contributed by atoms with Gasteiger partial charge in [-0.25, -0.2) is 4.99 Å². The molecule has 0 radical (unpaired) electrons. The highest BCUT2D eigenvalue weighted by molar-refractivity contribution is 9.11. The number of ether oxygens (including phenoxy) is 1. The third-order valence-electron chi connectivity index (χ3n) is 1.79. The van der Waals surface area contributed by atoms with Gasteiger partial charge in [-0.1, -0.05) is 11.8 Å². The number of nitrogens with one attached hydrogen (secondary N) is 1. The summed E-state index contributed by atoms with van der Waals surface area (Å²) < 4.78 is 29.5. The Morgan fingerprint density at radius 2 is 2.05 bits per heavy atom. The molecule has 0 aliphatic carbocycles. The normalized spacial score (nSPS) is 11.3. The van der Waals surface area contributed by atoms with Crippen LogP contribution in [-0.2, 0) is 0 Å². The summed E-state index contributed by atoms with van der Waals surface area (Å²) >= 11 is 7.67. The van der Waals surface area contributed by atoms with E-state index >= 15 is 0 Å². The number of thioether (sulfide) groups is 1. The van der Waals surface area contributed by atoms with E-state index in [0.717, 1.165) is 0 Å². The van der Waals surface area contributed by atoms with Crippen LogP contribution in [0.2, 0.25) is 0 Å². The van der Waals surface area contributed by atoms with Gasteiger partial charge < -0.3 is 4.74 Å². The Labute approximate surface area is 129 Å². The van der Waals surface area contributed by atoms with E-state index in [9.17, 15) is 8.78 Å². The van der Waals surface area contributed by atoms with Crippen molar-refractivity contribution in [1.82, 2.24) is 5.32 Å². The zero-order valence-corrected chi connectivity index (χ0v) is 13.4. The van der Waals surface area contributed by atoms with Crippen molar-refractivity contribution in [2.45, 2.75) is 6.61 Å². The monoisotopic (exact) mass is 413 g/mol. The number of hydrogen-bond donors (Lipinski definition) is 1. The summed E-state index contributed by atoms with van der Waals surface area (Å²) in [7, 11) is 0. The van der Waals surface area contributed by atoms with E-state index in [2.05, 4.69) is 46.9 Å². The lowest BCUT2D eigenvalue weighted by Gasteiger charge is -2.09. The molecule has 0 heterocycles. The molecule has 0 bridgehead atoms. The molecule has 0 amide bonds. The fraction of sp³-hybridized carbons (Fsp3) is 0.200. The number of hydrogen-bond acceptors (Lipinski definition) is 4. The highest BCUT2D eigenvalue weighted by Gasteiger charge is 2.12. The molecule has 0 spiro atoms. The molecule has 0 aliphatic rings. The van der Waals surface area contributed by atoms with Crippen molar-refractivity contribution in [3.63, 3.8) is 0 Å². The maximum absolute atomic E-state index is 12.1. The molecule has 4 nitrogen and oxygen atoms in total. The number of alkyl halides is 2. The van der Waals surface area contributed by atoms with Gasteiger partial charge in [-0.15, -0.1) is 0 Å². The van der Waals surface area contributed by atoms with Gasteiger partial charge in [0.1, 0.15) is 5.75 Å². The van der Waals surface area contributed by atoms with E-state index in [1.54, 1.807) is 12.4 Å². The van der Waals surface area contributed by atoms with Crippen molar-refractivity contribution in [2.75, 3.05) is 6.26 Å². The lowest BCUT2D eigenvalue weighted by atomic mass is 10.3. The zero-order valence-electron chi connectivity index (χ0n) is 9.45. The van der Waals surface area contributed by atoms with Crippen LogP contribution in [0.5, 0.6) is 5.75 Å². The molecule has 0 fully saturated rings. The van der Waals surface area contributed by atoms with Crippen LogP contribution in [0.1, 0.15) is 0 Å². The molecule has 1 aromatic rings. The van der Waals surface area contributed by atoms with E-state index in [4.69, 9.17) is 5.26 Å². The third kappa shape index (κ3) is 4.97. The minimum atomic E-state index is -2.89. The van der Waals surface area contributed by atoms with Crippen LogP contribution < -0.4 is 10.1 Å². The van der Waals surface area contributed by atoms with E-state index in [0.29, 0.717) is 19.8 Å². The zero-order chi connectivity index (χ0) is 14.4. The lowest BCUT2D eigenvalue weighted by molar-refractivity contribution is -0.0499. The maximum atomic E-state index is 12.1. The van der Waals surface area contributed by atoms with Gasteiger partial charge in [0.25, 0.3) is 0 Å². The first-order valence-electron chi connectivity index (χ1n) is 4.69. The molecule has 0 unspecified atom stereocenters. The first-order chi connectivity index (χ1) is 8.97. The number of rotatable bonds is 3. The van der Waals surface area contributed by atoms with Crippen LogP contribution in [0.4, 0.5) is 14.5 Å². The Bertz CT molecular complexity index is 511. The SMILES string of the molecule is CSC(=Nc1c(Br)cc(OC(F)F)cc1Br)NC#N. The first kappa shape index (κ1) is 16.2. The number of amidine groups is 1. The van der Waals surface area contributed by atoms with Gasteiger partial charge in [-0.2, -0.15) is 14.0 Å². The quantitative estimate of drug-likeness (QED) is 0.348. The molecule has 1 aromatic carbocycles. The van der Waals surface area contributed by atoms with Crippen molar-refractivity contribution in [3.05, 3.63) is 21.1 Å². The topological polar surface area (TPSA) is 57.4 Å². The van der Waals surface area contributed by atoms with Crippen molar-refractivity contribution >= 4 is 54.5 Å². The van der Waals surface area contributed by atoms with E-state index in [1.165, 1.54) is 23.9 Å². The number of benzene rings is 1. The van der Waals surface area contributed by atoms with E-state index < -0.39 is 6.61 Å². The Morgan fingerprint density at radius 3 is 2.47 bits per heavy atom. The molecule has 19 heavy (non-hydrogen) atoms. The molecule has 1 rings (SSSR count). The third-order valence-corrected chi connectivity index (χ3v) is 3.57. The number of nitriles is 1. The van der Waals surface area contributed by atoms with Crippen molar-refractivity contribution in [1.29, 1.82) is 5.26 Å². The van der Waals surface area contributed by atoms with Gasteiger partial charge in [-0.3, -0.25) is 5.32 Å². The summed E-state index contributed by atoms with van der Waals surface area (Å²) in [5, 5.41) is 11.3. The van der Waals surface area contributed by atoms with Gasteiger partial charge in [0, 0.05) is 8.95 Å². The number of halogens is 4. The molecule has 9 heteroatoms. The van der Waals surface area contributed by atoms with Gasteiger partial charge in [0.2, 0.25) is 0 Å². The van der Waals surface area contributed by atoms with Crippen LogP contribution in [-0.4, -0.2) is 18.0 Å². The predicted octanol–water partition coefficient (Wildman–Crippen LogP) is 4.23. The van der Waals surface area contributed by atoms with Gasteiger partial charge in [0.05, 0.1) is 5.69 Å². The smallest absolute Gasteiger partial charge is 0.387 e. The minimum absolute atomic E-state index is 0.00615. The van der Waals surface area contributed by atoms with Gasteiger partial charge >= 0.3 is 6.61 Å². The Hall–Kier alpha value is -0.850. The maximum Gasteiger partial charge on any atom is 0.387 e. The van der Waals surface area contributed by atoms with Crippen LogP contribution in [0.25, 0.3) is 0 Å². The minimum Gasteiger partial charge on any atom is -0.435 e. The summed E-state index contributed by atoms with van der Waals surface area (Å²) in [6.45, 7) is -2.89. The predicted molar refractivity (Wildman–Crippen MR) is 77.8 cm³/mol. The number of aliphatic imine (C=N–C) groups is 1. The fourth-order valence-electron chi connectivity index (χ4n) is 1.09. The summed E-state index contributed by atoms with van der Waals surface area (Å²) in [5.41, 5.74) is 0.466. The fourth-order valence-corrected chi connectivity index (χ4v) is 2.75. The molecule has 0 saturated heterocycles. The second kappa shape index (κ2) is 7.67. The Morgan fingerprint density at radius 1 is 1.47 bits per heavy atom. The Kier molecular flexibility index (Phi) is 6.54. The van der Waals surface area contributed by atoms with Crippen LogP contribution in [0.3, 0.4) is 0 Å². The van der Waals surface area contributed by atoms with Crippen molar-refractivity contribution in [3.8, 4) is 11.9 Å². The highest BCUT2D eigenvalue weighted by Crippen LogP contribution is 2.38. The number of nitrogens with zero attached hydrogens (tertiary/aromatic N) is 2.